The molecular weight excluding hydrogens is 194 g/mol. The lowest BCUT2D eigenvalue weighted by Gasteiger charge is -2.10. The van der Waals surface area contributed by atoms with Gasteiger partial charge in [0.05, 0.1) is 12.2 Å². The van der Waals surface area contributed by atoms with E-state index in [-0.39, 0.29) is 5.97 Å². The molecule has 0 saturated carbocycles. The van der Waals surface area contributed by atoms with Gasteiger partial charge in [-0.1, -0.05) is 12.1 Å². The lowest BCUT2D eigenvalue weighted by Crippen LogP contribution is -2.22. The molecule has 1 aromatic rings. The van der Waals surface area contributed by atoms with Gasteiger partial charge in [0.2, 0.25) is 0 Å². The number of benzene rings is 1. The summed E-state index contributed by atoms with van der Waals surface area (Å²) in [6.07, 6.45) is -0.0296. The molecule has 0 spiro atoms. The summed E-state index contributed by atoms with van der Waals surface area (Å²) in [7, 11) is 0. The predicted molar refractivity (Wildman–Crippen MR) is 51.1 cm³/mol. The second kappa shape index (κ2) is 4.01. The first-order valence-corrected chi connectivity index (χ1v) is 4.63. The monoisotopic (exact) mass is 203 g/mol. The smallest absolute Gasteiger partial charge is 0.347 e. The summed E-state index contributed by atoms with van der Waals surface area (Å²) in [4.78, 5) is 11.1. The van der Waals surface area contributed by atoms with Gasteiger partial charge in [-0.3, -0.25) is 0 Å². The first-order valence-electron chi connectivity index (χ1n) is 4.63. The fourth-order valence-electron chi connectivity index (χ4n) is 1.40. The van der Waals surface area contributed by atoms with Crippen molar-refractivity contribution in [3.05, 3.63) is 29.8 Å². The molecule has 1 aromatic carbocycles. The number of carbonyl (C=O) groups is 1. The fourth-order valence-corrected chi connectivity index (χ4v) is 1.40. The van der Waals surface area contributed by atoms with Crippen molar-refractivity contribution in [2.75, 3.05) is 6.61 Å². The number of nitrogens with zero attached hydrogens (tertiary/aromatic N) is 1. The number of nitriles is 1. The van der Waals surface area contributed by atoms with Crippen LogP contribution in [0.25, 0.3) is 0 Å². The van der Waals surface area contributed by atoms with E-state index in [9.17, 15) is 4.79 Å². The Morgan fingerprint density at radius 3 is 2.93 bits per heavy atom. The molecule has 0 N–H and O–H groups in total. The van der Waals surface area contributed by atoms with E-state index in [1.807, 2.05) is 6.07 Å². The van der Waals surface area contributed by atoms with E-state index >= 15 is 0 Å². The highest BCUT2D eigenvalue weighted by Gasteiger charge is 2.28. The molecule has 1 fully saturated rings. The van der Waals surface area contributed by atoms with Crippen LogP contribution in [0.2, 0.25) is 0 Å². The Morgan fingerprint density at radius 2 is 2.27 bits per heavy atom. The van der Waals surface area contributed by atoms with Crippen molar-refractivity contribution < 1.29 is 14.3 Å². The van der Waals surface area contributed by atoms with Gasteiger partial charge in [0.1, 0.15) is 11.8 Å². The average molecular weight is 203 g/mol. The van der Waals surface area contributed by atoms with E-state index in [2.05, 4.69) is 0 Å². The number of para-hydroxylation sites is 1. The topological polar surface area (TPSA) is 59.3 Å². The van der Waals surface area contributed by atoms with Gasteiger partial charge in [-0.05, 0) is 12.1 Å². The number of rotatable bonds is 2. The molecule has 1 aliphatic rings. The SMILES string of the molecule is N#Cc1ccccc1O[C@H]1CCOC1=O. The molecule has 0 bridgehead atoms. The van der Waals surface area contributed by atoms with Crippen molar-refractivity contribution in [2.24, 2.45) is 0 Å². The summed E-state index contributed by atoms with van der Waals surface area (Å²) in [5.41, 5.74) is 0.428. The highest BCUT2D eigenvalue weighted by Crippen LogP contribution is 2.21. The fraction of sp³-hybridized carbons (Fsp3) is 0.273. The minimum atomic E-state index is -0.570. The molecule has 1 saturated heterocycles. The van der Waals surface area contributed by atoms with Crippen LogP contribution >= 0.6 is 0 Å². The van der Waals surface area contributed by atoms with E-state index in [1.165, 1.54) is 0 Å². The summed E-state index contributed by atoms with van der Waals surface area (Å²) >= 11 is 0. The quantitative estimate of drug-likeness (QED) is 0.679. The number of esters is 1. The minimum absolute atomic E-state index is 0.359. The Kier molecular flexibility index (Phi) is 2.55. The van der Waals surface area contributed by atoms with Gasteiger partial charge in [-0.2, -0.15) is 5.26 Å². The molecule has 0 unspecified atom stereocenters. The average Bonchev–Trinajstić information content (AvgIpc) is 2.65. The molecule has 2 rings (SSSR count). The van der Waals surface area contributed by atoms with Crippen molar-refractivity contribution in [3.8, 4) is 11.8 Å². The normalized spacial score (nSPS) is 19.4. The zero-order valence-electron chi connectivity index (χ0n) is 7.97. The van der Waals surface area contributed by atoms with Crippen molar-refractivity contribution in [1.29, 1.82) is 5.26 Å². The third-order valence-corrected chi connectivity index (χ3v) is 2.16. The van der Waals surface area contributed by atoms with Crippen LogP contribution in [0, 0.1) is 11.3 Å². The summed E-state index contributed by atoms with van der Waals surface area (Å²) in [5.74, 6) is 0.0755. The van der Waals surface area contributed by atoms with E-state index < -0.39 is 6.10 Å². The second-order valence-corrected chi connectivity index (χ2v) is 3.17. The van der Waals surface area contributed by atoms with Crippen molar-refractivity contribution in [3.63, 3.8) is 0 Å². The maximum Gasteiger partial charge on any atom is 0.347 e. The highest BCUT2D eigenvalue weighted by molar-refractivity contribution is 5.76. The van der Waals surface area contributed by atoms with E-state index in [0.29, 0.717) is 24.3 Å². The number of carbonyl (C=O) groups excluding carboxylic acids is 1. The Balaban J connectivity index is 2.17. The van der Waals surface area contributed by atoms with Crippen LogP contribution in [0.3, 0.4) is 0 Å². The minimum Gasteiger partial charge on any atom is -0.477 e. The molecule has 0 radical (unpaired) electrons. The Morgan fingerprint density at radius 1 is 1.47 bits per heavy atom. The van der Waals surface area contributed by atoms with Gasteiger partial charge in [0, 0.05) is 6.42 Å². The summed E-state index contributed by atoms with van der Waals surface area (Å²) in [5, 5.41) is 8.81. The van der Waals surface area contributed by atoms with Crippen LogP contribution in [0.15, 0.2) is 24.3 Å². The zero-order chi connectivity index (χ0) is 10.7. The molecule has 1 heterocycles. The first-order chi connectivity index (χ1) is 7.31. The molecule has 0 amide bonds. The molecule has 76 valence electrons. The van der Waals surface area contributed by atoms with E-state index in [0.717, 1.165) is 0 Å². The van der Waals surface area contributed by atoms with Gasteiger partial charge < -0.3 is 9.47 Å². The van der Waals surface area contributed by atoms with Crippen molar-refractivity contribution in [2.45, 2.75) is 12.5 Å². The zero-order valence-corrected chi connectivity index (χ0v) is 7.97. The van der Waals surface area contributed by atoms with Gasteiger partial charge in [-0.15, -0.1) is 0 Å². The third kappa shape index (κ3) is 1.91. The molecule has 4 nitrogen and oxygen atoms in total. The molecule has 15 heavy (non-hydrogen) atoms. The first kappa shape index (κ1) is 9.53. The van der Waals surface area contributed by atoms with Crippen LogP contribution in [-0.4, -0.2) is 18.7 Å². The van der Waals surface area contributed by atoms with Gasteiger partial charge in [-0.25, -0.2) is 4.79 Å². The Labute approximate surface area is 87.0 Å². The number of ether oxygens (including phenoxy) is 2. The summed E-state index contributed by atoms with van der Waals surface area (Å²) in [6.45, 7) is 0.387. The highest BCUT2D eigenvalue weighted by atomic mass is 16.6. The van der Waals surface area contributed by atoms with E-state index in [1.54, 1.807) is 24.3 Å². The Hall–Kier alpha value is -2.02. The summed E-state index contributed by atoms with van der Waals surface area (Å²) in [6, 6.07) is 8.84. The Bertz CT molecular complexity index is 422. The van der Waals surface area contributed by atoms with Gasteiger partial charge in [0.15, 0.2) is 6.10 Å². The van der Waals surface area contributed by atoms with Crippen molar-refractivity contribution in [1.82, 2.24) is 0 Å². The van der Waals surface area contributed by atoms with Gasteiger partial charge in [0.25, 0.3) is 0 Å². The van der Waals surface area contributed by atoms with Gasteiger partial charge >= 0.3 is 5.97 Å². The maximum atomic E-state index is 11.1. The van der Waals surface area contributed by atoms with Crippen LogP contribution in [-0.2, 0) is 9.53 Å². The lowest BCUT2D eigenvalue weighted by atomic mass is 10.2. The van der Waals surface area contributed by atoms with Crippen LogP contribution < -0.4 is 4.74 Å². The molecule has 0 aliphatic carbocycles. The second-order valence-electron chi connectivity index (χ2n) is 3.17. The summed E-state index contributed by atoms with van der Waals surface area (Å²) < 4.78 is 10.2. The van der Waals surface area contributed by atoms with Crippen LogP contribution in [0.5, 0.6) is 5.75 Å². The number of hydrogen-bond acceptors (Lipinski definition) is 4. The molecular formula is C11H9NO3. The molecule has 4 heteroatoms. The molecule has 0 aromatic heterocycles. The van der Waals surface area contributed by atoms with Crippen molar-refractivity contribution >= 4 is 5.97 Å². The third-order valence-electron chi connectivity index (χ3n) is 2.16. The maximum absolute atomic E-state index is 11.1. The largest absolute Gasteiger partial charge is 0.477 e. The lowest BCUT2D eigenvalue weighted by molar-refractivity contribution is -0.143. The van der Waals surface area contributed by atoms with E-state index in [4.69, 9.17) is 14.7 Å². The van der Waals surface area contributed by atoms with Crippen LogP contribution in [0.1, 0.15) is 12.0 Å². The molecule has 1 atom stereocenters. The van der Waals surface area contributed by atoms with Crippen LogP contribution in [0.4, 0.5) is 0 Å². The number of cyclic esters (lactones) is 1. The molecule has 1 aliphatic heterocycles. The number of hydrogen-bond donors (Lipinski definition) is 0. The standard InChI is InChI=1S/C11H9NO3/c12-7-8-3-1-2-4-9(8)15-10-5-6-14-11(10)13/h1-4,10H,5-6H2/t10-/m0/s1. The predicted octanol–water partition coefficient (Wildman–Crippen LogP) is 1.25.